The summed E-state index contributed by atoms with van der Waals surface area (Å²) in [4.78, 5) is 11.2. The minimum atomic E-state index is -0.681. The van der Waals surface area contributed by atoms with Gasteiger partial charge in [0, 0.05) is 13.7 Å². The van der Waals surface area contributed by atoms with Crippen LogP contribution in [0, 0.1) is 0 Å². The van der Waals surface area contributed by atoms with E-state index < -0.39 is 12.1 Å². The van der Waals surface area contributed by atoms with Gasteiger partial charge in [0.1, 0.15) is 6.61 Å². The first kappa shape index (κ1) is 14.3. The highest BCUT2D eigenvalue weighted by atomic mass is 16.6. The summed E-state index contributed by atoms with van der Waals surface area (Å²) in [5, 5.41) is 0. The largest absolute Gasteiger partial charge is 0.461 e. The van der Waals surface area contributed by atoms with Crippen molar-refractivity contribution in [3.8, 4) is 0 Å². The first-order valence-electron chi connectivity index (χ1n) is 4.94. The Balaban J connectivity index is 3.63. The van der Waals surface area contributed by atoms with E-state index in [1.807, 2.05) is 20.8 Å². The standard InChI is InChI=1S/C10H21NO4/c1-10(2,3)15-6-5-14-9(12)8(7-11)13-4/h8H,5-7,11H2,1-4H3. The van der Waals surface area contributed by atoms with Gasteiger partial charge in [-0.1, -0.05) is 0 Å². The van der Waals surface area contributed by atoms with Crippen LogP contribution < -0.4 is 5.73 Å². The van der Waals surface area contributed by atoms with Gasteiger partial charge in [0.25, 0.3) is 0 Å². The third-order valence-corrected chi connectivity index (χ3v) is 1.62. The fourth-order valence-corrected chi connectivity index (χ4v) is 0.872. The molecule has 0 spiro atoms. The summed E-state index contributed by atoms with van der Waals surface area (Å²) in [7, 11) is 1.42. The SMILES string of the molecule is COC(CN)C(=O)OCCOC(C)(C)C. The Kier molecular flexibility index (Phi) is 6.47. The predicted octanol–water partition coefficient (Wildman–Crippen LogP) is 0.318. The van der Waals surface area contributed by atoms with E-state index in [-0.39, 0.29) is 18.8 Å². The summed E-state index contributed by atoms with van der Waals surface area (Å²) in [6.07, 6.45) is -0.681. The molecule has 0 fully saturated rings. The number of hydrogen-bond donors (Lipinski definition) is 1. The van der Waals surface area contributed by atoms with E-state index in [4.69, 9.17) is 19.9 Å². The molecular formula is C10H21NO4. The normalized spacial score (nSPS) is 13.7. The monoisotopic (exact) mass is 219 g/mol. The summed E-state index contributed by atoms with van der Waals surface area (Å²) >= 11 is 0. The van der Waals surface area contributed by atoms with Crippen LogP contribution >= 0.6 is 0 Å². The highest BCUT2D eigenvalue weighted by Gasteiger charge is 2.17. The third-order valence-electron chi connectivity index (χ3n) is 1.62. The second-order valence-corrected chi connectivity index (χ2v) is 4.09. The Bertz CT molecular complexity index is 184. The second kappa shape index (κ2) is 6.76. The van der Waals surface area contributed by atoms with Crippen molar-refractivity contribution in [2.45, 2.75) is 32.5 Å². The van der Waals surface area contributed by atoms with Crippen LogP contribution in [0.1, 0.15) is 20.8 Å². The maximum absolute atomic E-state index is 11.2. The third kappa shape index (κ3) is 7.30. The Morgan fingerprint density at radius 1 is 1.33 bits per heavy atom. The molecule has 0 radical (unpaired) electrons. The molecule has 15 heavy (non-hydrogen) atoms. The van der Waals surface area contributed by atoms with Crippen LogP contribution in [0.15, 0.2) is 0 Å². The fraction of sp³-hybridized carbons (Fsp3) is 0.900. The Labute approximate surface area is 90.9 Å². The van der Waals surface area contributed by atoms with Gasteiger partial charge in [0.05, 0.1) is 12.2 Å². The average Bonchev–Trinajstić information content (AvgIpc) is 2.13. The van der Waals surface area contributed by atoms with E-state index >= 15 is 0 Å². The predicted molar refractivity (Wildman–Crippen MR) is 56.5 cm³/mol. The van der Waals surface area contributed by atoms with Gasteiger partial charge >= 0.3 is 5.97 Å². The van der Waals surface area contributed by atoms with Crippen LogP contribution in [-0.2, 0) is 19.0 Å². The van der Waals surface area contributed by atoms with Crippen LogP contribution in [-0.4, -0.2) is 44.5 Å². The molecule has 0 aliphatic carbocycles. The Morgan fingerprint density at radius 2 is 1.93 bits per heavy atom. The molecule has 0 aromatic carbocycles. The number of ether oxygens (including phenoxy) is 3. The first-order chi connectivity index (χ1) is 6.90. The van der Waals surface area contributed by atoms with E-state index in [9.17, 15) is 4.79 Å². The van der Waals surface area contributed by atoms with Crippen LogP contribution in [0.25, 0.3) is 0 Å². The van der Waals surface area contributed by atoms with E-state index in [2.05, 4.69) is 0 Å². The van der Waals surface area contributed by atoms with Crippen molar-refractivity contribution >= 4 is 5.97 Å². The molecular weight excluding hydrogens is 198 g/mol. The van der Waals surface area contributed by atoms with Crippen molar-refractivity contribution in [3.63, 3.8) is 0 Å². The summed E-state index contributed by atoms with van der Waals surface area (Å²) in [5.74, 6) is -0.447. The van der Waals surface area contributed by atoms with Crippen molar-refractivity contribution in [1.82, 2.24) is 0 Å². The first-order valence-corrected chi connectivity index (χ1v) is 4.94. The maximum Gasteiger partial charge on any atom is 0.336 e. The van der Waals surface area contributed by atoms with Crippen molar-refractivity contribution in [3.05, 3.63) is 0 Å². The minimum absolute atomic E-state index is 0.120. The number of carbonyl (C=O) groups excluding carboxylic acids is 1. The molecule has 0 saturated carbocycles. The van der Waals surface area contributed by atoms with E-state index in [1.54, 1.807) is 0 Å². The zero-order valence-electron chi connectivity index (χ0n) is 9.91. The number of esters is 1. The average molecular weight is 219 g/mol. The number of rotatable bonds is 6. The van der Waals surface area contributed by atoms with Crippen LogP contribution in [0.5, 0.6) is 0 Å². The molecule has 0 aromatic heterocycles. The molecule has 5 nitrogen and oxygen atoms in total. The molecule has 0 heterocycles. The van der Waals surface area contributed by atoms with E-state index in [1.165, 1.54) is 7.11 Å². The highest BCUT2D eigenvalue weighted by molar-refractivity contribution is 5.74. The minimum Gasteiger partial charge on any atom is -0.461 e. The Morgan fingerprint density at radius 3 is 2.33 bits per heavy atom. The van der Waals surface area contributed by atoms with Gasteiger partial charge in [-0.2, -0.15) is 0 Å². The molecule has 1 unspecified atom stereocenters. The second-order valence-electron chi connectivity index (χ2n) is 4.09. The zero-order chi connectivity index (χ0) is 11.9. The number of hydrogen-bond acceptors (Lipinski definition) is 5. The Hall–Kier alpha value is -0.650. The summed E-state index contributed by atoms with van der Waals surface area (Å²) in [5.41, 5.74) is 5.08. The number of nitrogens with two attached hydrogens (primary N) is 1. The highest BCUT2D eigenvalue weighted by Crippen LogP contribution is 2.05. The maximum atomic E-state index is 11.2. The topological polar surface area (TPSA) is 70.8 Å². The van der Waals surface area contributed by atoms with E-state index in [0.717, 1.165) is 0 Å². The lowest BCUT2D eigenvalue weighted by molar-refractivity contribution is -0.157. The molecule has 2 N–H and O–H groups in total. The molecule has 0 amide bonds. The van der Waals surface area contributed by atoms with Gasteiger partial charge in [0.15, 0.2) is 6.10 Å². The van der Waals surface area contributed by atoms with Gasteiger partial charge in [-0.3, -0.25) is 0 Å². The molecule has 0 saturated heterocycles. The summed E-state index contributed by atoms with van der Waals surface area (Å²) in [6.45, 7) is 6.52. The van der Waals surface area contributed by atoms with Crippen molar-refractivity contribution in [2.24, 2.45) is 5.73 Å². The van der Waals surface area contributed by atoms with Gasteiger partial charge in [-0.05, 0) is 20.8 Å². The summed E-state index contributed by atoms with van der Waals surface area (Å²) < 4.78 is 15.1. The lowest BCUT2D eigenvalue weighted by Crippen LogP contribution is -2.34. The van der Waals surface area contributed by atoms with Crippen LogP contribution in [0.3, 0.4) is 0 Å². The molecule has 1 atom stereocenters. The van der Waals surface area contributed by atoms with E-state index in [0.29, 0.717) is 6.61 Å². The zero-order valence-corrected chi connectivity index (χ0v) is 9.91. The molecule has 0 rings (SSSR count). The smallest absolute Gasteiger partial charge is 0.336 e. The molecule has 90 valence electrons. The van der Waals surface area contributed by atoms with Crippen molar-refractivity contribution in [1.29, 1.82) is 0 Å². The number of methoxy groups -OCH3 is 1. The van der Waals surface area contributed by atoms with Crippen LogP contribution in [0.2, 0.25) is 0 Å². The molecule has 0 aliphatic rings. The van der Waals surface area contributed by atoms with Gasteiger partial charge in [-0.15, -0.1) is 0 Å². The molecule has 5 heteroatoms. The quantitative estimate of drug-likeness (QED) is 0.514. The molecule has 0 aliphatic heterocycles. The van der Waals surface area contributed by atoms with Gasteiger partial charge in [0.2, 0.25) is 0 Å². The summed E-state index contributed by atoms with van der Waals surface area (Å²) in [6, 6.07) is 0. The molecule has 0 aromatic rings. The molecule has 0 bridgehead atoms. The number of carbonyl (C=O) groups is 1. The van der Waals surface area contributed by atoms with Crippen LogP contribution in [0.4, 0.5) is 0 Å². The lowest BCUT2D eigenvalue weighted by Gasteiger charge is -2.19. The lowest BCUT2D eigenvalue weighted by atomic mass is 10.2. The fourth-order valence-electron chi connectivity index (χ4n) is 0.872. The van der Waals surface area contributed by atoms with Crippen molar-refractivity contribution in [2.75, 3.05) is 26.9 Å². The van der Waals surface area contributed by atoms with Gasteiger partial charge in [-0.25, -0.2) is 4.79 Å². The van der Waals surface area contributed by atoms with Gasteiger partial charge < -0.3 is 19.9 Å². The van der Waals surface area contributed by atoms with Crippen molar-refractivity contribution < 1.29 is 19.0 Å².